The number of aliphatic carboxylic acids is 1. The third-order valence-corrected chi connectivity index (χ3v) is 2.63. The summed E-state index contributed by atoms with van der Waals surface area (Å²) in [6.45, 7) is 0.0917. The zero-order valence-electron chi connectivity index (χ0n) is 9.87. The van der Waals surface area contributed by atoms with Crippen molar-refractivity contribution in [1.29, 1.82) is 0 Å². The van der Waals surface area contributed by atoms with E-state index in [2.05, 4.69) is 5.32 Å². The number of para-hydroxylation sites is 1. The van der Waals surface area contributed by atoms with Crippen molar-refractivity contribution in [2.45, 2.75) is 12.3 Å². The van der Waals surface area contributed by atoms with Gasteiger partial charge in [-0.05, 0) is 12.1 Å². The van der Waals surface area contributed by atoms with Gasteiger partial charge in [0.25, 0.3) is 5.92 Å². The Morgan fingerprint density at radius 3 is 2.72 bits per heavy atom. The van der Waals surface area contributed by atoms with Crippen LogP contribution in [-0.2, 0) is 4.79 Å². The molecule has 1 aliphatic rings. The predicted molar refractivity (Wildman–Crippen MR) is 57.5 cm³/mol. The molecule has 0 atom stereocenters. The van der Waals surface area contributed by atoms with E-state index < -0.39 is 23.9 Å². The topological polar surface area (TPSA) is 52.2 Å². The maximum atomic E-state index is 13.8. The van der Waals surface area contributed by atoms with Crippen molar-refractivity contribution in [3.8, 4) is 0 Å². The number of carbonyl (C=O) groups excluding carboxylic acids is 1. The standard InChI is InChI=1S/C12H11F2NO2.Rb/c13-12(14)5-6-15-10-4-2-1-3-8(10)9(12)7-11(16)17;/h1-4,7,15H,5-6H2,(H,16,17);/q;+1/p-1/b9-7-;. The van der Waals surface area contributed by atoms with E-state index >= 15 is 0 Å². The minimum atomic E-state index is -3.17. The zero-order valence-corrected chi connectivity index (χ0v) is 14.8. The summed E-state index contributed by atoms with van der Waals surface area (Å²) in [5.41, 5.74) is 0.217. The summed E-state index contributed by atoms with van der Waals surface area (Å²) in [4.78, 5) is 10.5. The van der Waals surface area contributed by atoms with Gasteiger partial charge in [0.05, 0.1) is 5.97 Å². The van der Waals surface area contributed by atoms with Crippen LogP contribution >= 0.6 is 0 Å². The molecule has 0 saturated carbocycles. The molecule has 1 aliphatic heterocycles. The molecule has 0 fully saturated rings. The molecule has 6 heteroatoms. The molecule has 1 N–H and O–H groups in total. The van der Waals surface area contributed by atoms with Gasteiger partial charge in [0.1, 0.15) is 0 Å². The van der Waals surface area contributed by atoms with E-state index in [9.17, 15) is 18.7 Å². The number of nitrogens with one attached hydrogen (secondary N) is 1. The number of alkyl halides is 2. The maximum Gasteiger partial charge on any atom is 1.00 e. The summed E-state index contributed by atoms with van der Waals surface area (Å²) in [7, 11) is 0. The van der Waals surface area contributed by atoms with Crippen LogP contribution < -0.4 is 68.6 Å². The first-order chi connectivity index (χ1) is 8.00. The molecule has 0 bridgehead atoms. The van der Waals surface area contributed by atoms with Gasteiger partial charge in [-0.25, -0.2) is 8.78 Å². The molecule has 0 spiro atoms. The molecule has 1 aromatic carbocycles. The molecule has 0 saturated heterocycles. The first-order valence-corrected chi connectivity index (χ1v) is 5.15. The molecule has 0 aliphatic carbocycles. The van der Waals surface area contributed by atoms with E-state index in [1.807, 2.05) is 0 Å². The van der Waals surface area contributed by atoms with Crippen LogP contribution in [0.3, 0.4) is 0 Å². The number of allylic oxidation sites excluding steroid dienone is 1. The third kappa shape index (κ3) is 3.47. The number of benzene rings is 1. The van der Waals surface area contributed by atoms with Crippen molar-refractivity contribution >= 4 is 17.2 Å². The first-order valence-electron chi connectivity index (χ1n) is 5.15. The van der Waals surface area contributed by atoms with Crippen LogP contribution in [0.25, 0.3) is 5.57 Å². The van der Waals surface area contributed by atoms with Crippen molar-refractivity contribution in [1.82, 2.24) is 0 Å². The fourth-order valence-corrected chi connectivity index (χ4v) is 1.86. The van der Waals surface area contributed by atoms with Gasteiger partial charge in [0.2, 0.25) is 0 Å². The van der Waals surface area contributed by atoms with E-state index in [1.54, 1.807) is 18.2 Å². The van der Waals surface area contributed by atoms with Gasteiger partial charge in [-0.3, -0.25) is 0 Å². The van der Waals surface area contributed by atoms with Gasteiger partial charge in [-0.2, -0.15) is 0 Å². The van der Waals surface area contributed by atoms with Crippen molar-refractivity contribution < 1.29 is 76.9 Å². The van der Waals surface area contributed by atoms with Crippen LogP contribution in [-0.4, -0.2) is 18.4 Å². The van der Waals surface area contributed by atoms with Crippen molar-refractivity contribution in [3.63, 3.8) is 0 Å². The number of carboxylic acid groups (broad SMARTS) is 1. The molecule has 2 rings (SSSR count). The molecule has 3 nitrogen and oxygen atoms in total. The summed E-state index contributed by atoms with van der Waals surface area (Å²) >= 11 is 0. The van der Waals surface area contributed by atoms with E-state index in [0.717, 1.165) is 0 Å². The van der Waals surface area contributed by atoms with Crippen LogP contribution in [0.15, 0.2) is 30.3 Å². The van der Waals surface area contributed by atoms with Crippen LogP contribution in [0.1, 0.15) is 12.0 Å². The molecule has 0 unspecified atom stereocenters. The Balaban J connectivity index is 0.00000162. The summed E-state index contributed by atoms with van der Waals surface area (Å²) in [5.74, 6) is -4.78. The molecule has 90 valence electrons. The first kappa shape index (κ1) is 16.0. The largest absolute Gasteiger partial charge is 1.00 e. The molecule has 18 heavy (non-hydrogen) atoms. The van der Waals surface area contributed by atoms with Gasteiger partial charge >= 0.3 is 58.2 Å². The van der Waals surface area contributed by atoms with E-state index in [1.165, 1.54) is 6.07 Å². The molecule has 1 heterocycles. The van der Waals surface area contributed by atoms with Crippen LogP contribution in [0.4, 0.5) is 14.5 Å². The molecule has 1 aromatic rings. The number of hydrogen-bond acceptors (Lipinski definition) is 3. The Hall–Kier alpha value is -0.105. The number of rotatable bonds is 1. The van der Waals surface area contributed by atoms with Gasteiger partial charge in [-0.15, -0.1) is 0 Å². The number of fused-ring (bicyclic) bond motifs is 1. The van der Waals surface area contributed by atoms with E-state index in [4.69, 9.17) is 0 Å². The molecular weight excluding hydrogens is 314 g/mol. The second kappa shape index (κ2) is 6.37. The average molecular weight is 324 g/mol. The molecule has 0 aromatic heterocycles. The Bertz CT molecular complexity index is 489. The van der Waals surface area contributed by atoms with Crippen LogP contribution in [0, 0.1) is 0 Å². The number of anilines is 1. The van der Waals surface area contributed by atoms with Crippen molar-refractivity contribution in [3.05, 3.63) is 35.9 Å². The SMILES string of the molecule is O=C([O-])/C=C1/c2ccccc2NCCC1(F)F.[Rb+]. The van der Waals surface area contributed by atoms with E-state index in [-0.39, 0.29) is 70.3 Å². The summed E-state index contributed by atoms with van der Waals surface area (Å²) in [6.07, 6.45) is 0.0344. The minimum absolute atomic E-state index is 0. The monoisotopic (exact) mass is 323 g/mol. The van der Waals surface area contributed by atoms with E-state index in [0.29, 0.717) is 11.8 Å². The fraction of sp³-hybridized carbons (Fsp3) is 0.250. The smallest absolute Gasteiger partial charge is 0.545 e. The van der Waals surface area contributed by atoms with Crippen molar-refractivity contribution in [2.24, 2.45) is 0 Å². The predicted octanol–water partition coefficient (Wildman–Crippen LogP) is -1.73. The Kier molecular flexibility index (Phi) is 5.64. The second-order valence-electron chi connectivity index (χ2n) is 3.80. The number of carbonyl (C=O) groups is 1. The molecular formula is C12H10F2NO2Rb. The number of halogens is 2. The quantitative estimate of drug-likeness (QED) is 0.625. The third-order valence-electron chi connectivity index (χ3n) is 2.63. The zero-order chi connectivity index (χ0) is 12.5. The minimum Gasteiger partial charge on any atom is -0.545 e. The fourth-order valence-electron chi connectivity index (χ4n) is 1.86. The Morgan fingerprint density at radius 2 is 2.06 bits per heavy atom. The van der Waals surface area contributed by atoms with Gasteiger partial charge in [-0.1, -0.05) is 18.2 Å². The van der Waals surface area contributed by atoms with Crippen LogP contribution in [0.2, 0.25) is 0 Å². The molecule has 0 radical (unpaired) electrons. The Labute approximate surface area is 152 Å². The normalized spacial score (nSPS) is 19.1. The summed E-state index contributed by atoms with van der Waals surface area (Å²) < 4.78 is 27.5. The Morgan fingerprint density at radius 1 is 1.39 bits per heavy atom. The number of carboxylic acids is 1. The van der Waals surface area contributed by atoms with Crippen LogP contribution in [0.5, 0.6) is 0 Å². The van der Waals surface area contributed by atoms with Gasteiger partial charge in [0, 0.05) is 29.8 Å². The maximum absolute atomic E-state index is 13.8. The van der Waals surface area contributed by atoms with Gasteiger partial charge in [0.15, 0.2) is 0 Å². The average Bonchev–Trinajstić information content (AvgIpc) is 2.37. The summed E-state index contributed by atoms with van der Waals surface area (Å²) in [6, 6.07) is 6.40. The summed E-state index contributed by atoms with van der Waals surface area (Å²) in [5, 5.41) is 13.4. The molecule has 0 amide bonds. The van der Waals surface area contributed by atoms with Gasteiger partial charge < -0.3 is 15.2 Å². The van der Waals surface area contributed by atoms with Crippen molar-refractivity contribution in [2.75, 3.05) is 11.9 Å². The second-order valence-corrected chi connectivity index (χ2v) is 3.80. The number of hydrogen-bond donors (Lipinski definition) is 1.